The van der Waals surface area contributed by atoms with Crippen molar-refractivity contribution in [1.29, 1.82) is 0 Å². The number of aliphatic hydroxyl groups is 3. The zero-order valence-corrected chi connectivity index (χ0v) is 18.3. The summed E-state index contributed by atoms with van der Waals surface area (Å²) >= 11 is 0. The van der Waals surface area contributed by atoms with Gasteiger partial charge in [0.2, 0.25) is 0 Å². The van der Waals surface area contributed by atoms with Crippen LogP contribution in [0.2, 0.25) is 0 Å². The van der Waals surface area contributed by atoms with Gasteiger partial charge in [0.05, 0.1) is 18.3 Å². The molecule has 0 spiro atoms. The molecule has 0 saturated heterocycles. The van der Waals surface area contributed by atoms with Crippen molar-refractivity contribution in [3.8, 4) is 0 Å². The molecule has 29 heavy (non-hydrogen) atoms. The molecular formula is C24H40O5. The lowest BCUT2D eigenvalue weighted by atomic mass is 9.43. The first-order valence-electron chi connectivity index (χ1n) is 11.8. The van der Waals surface area contributed by atoms with Crippen LogP contribution in [0.15, 0.2) is 0 Å². The molecule has 0 aliphatic heterocycles. The van der Waals surface area contributed by atoms with Crippen LogP contribution in [0.5, 0.6) is 0 Å². The third-order valence-electron chi connectivity index (χ3n) is 10.3. The maximum atomic E-state index is 11.5. The Labute approximate surface area is 174 Å². The summed E-state index contributed by atoms with van der Waals surface area (Å²) in [6.45, 7) is 6.72. The molecule has 4 rings (SSSR count). The van der Waals surface area contributed by atoms with E-state index in [0.717, 1.165) is 44.9 Å². The molecule has 0 aromatic rings. The molecule has 4 saturated carbocycles. The van der Waals surface area contributed by atoms with E-state index in [4.69, 9.17) is 5.11 Å². The molecule has 4 aliphatic rings. The number of carbonyl (C=O) groups is 1. The van der Waals surface area contributed by atoms with Crippen molar-refractivity contribution in [2.24, 2.45) is 46.3 Å². The number of fused-ring (bicyclic) bond motifs is 5. The van der Waals surface area contributed by atoms with Gasteiger partial charge in [0, 0.05) is 6.42 Å². The summed E-state index contributed by atoms with van der Waals surface area (Å²) in [4.78, 5) is 11.1. The average molecular weight is 409 g/mol. The molecule has 0 aromatic heterocycles. The van der Waals surface area contributed by atoms with Gasteiger partial charge in [-0.1, -0.05) is 20.8 Å². The van der Waals surface area contributed by atoms with Crippen molar-refractivity contribution in [2.75, 3.05) is 0 Å². The van der Waals surface area contributed by atoms with Crippen LogP contribution in [-0.2, 0) is 4.79 Å². The van der Waals surface area contributed by atoms with Gasteiger partial charge >= 0.3 is 5.97 Å². The molecule has 4 fully saturated rings. The number of hydrogen-bond acceptors (Lipinski definition) is 4. The summed E-state index contributed by atoms with van der Waals surface area (Å²) in [6, 6.07) is 0. The minimum atomic E-state index is -0.748. The van der Waals surface area contributed by atoms with Gasteiger partial charge in [-0.15, -0.1) is 0 Å². The zero-order chi connectivity index (χ0) is 21.1. The zero-order valence-electron chi connectivity index (χ0n) is 18.3. The Morgan fingerprint density at radius 3 is 2.45 bits per heavy atom. The number of aliphatic carboxylic acids is 1. The van der Waals surface area contributed by atoms with E-state index in [1.807, 2.05) is 0 Å². The first kappa shape index (κ1) is 21.6. The van der Waals surface area contributed by atoms with Gasteiger partial charge in [-0.2, -0.15) is 0 Å². The van der Waals surface area contributed by atoms with E-state index in [1.165, 1.54) is 0 Å². The lowest BCUT2D eigenvalue weighted by molar-refractivity contribution is -0.207. The molecular weight excluding hydrogens is 368 g/mol. The second-order valence-corrected chi connectivity index (χ2v) is 11.4. The third-order valence-corrected chi connectivity index (χ3v) is 10.3. The largest absolute Gasteiger partial charge is 0.481 e. The summed E-state index contributed by atoms with van der Waals surface area (Å²) in [5.74, 6) is 0.997. The van der Waals surface area contributed by atoms with Crippen molar-refractivity contribution < 1.29 is 25.2 Å². The van der Waals surface area contributed by atoms with Gasteiger partial charge in [-0.05, 0) is 97.7 Å². The van der Waals surface area contributed by atoms with Gasteiger partial charge in [0.1, 0.15) is 0 Å². The van der Waals surface area contributed by atoms with E-state index < -0.39 is 12.1 Å². The fourth-order valence-corrected chi connectivity index (χ4v) is 8.68. The average Bonchev–Trinajstić information content (AvgIpc) is 3.01. The van der Waals surface area contributed by atoms with Crippen molar-refractivity contribution in [3.05, 3.63) is 0 Å². The predicted octanol–water partition coefficient (Wildman–Crippen LogP) is 3.45. The Hall–Kier alpha value is -0.650. The molecule has 0 heterocycles. The molecule has 0 bridgehead atoms. The Balaban J connectivity index is 1.61. The minimum Gasteiger partial charge on any atom is -0.481 e. The van der Waals surface area contributed by atoms with Gasteiger partial charge in [0.25, 0.3) is 0 Å². The summed E-state index contributed by atoms with van der Waals surface area (Å²) in [5, 5.41) is 42.0. The summed E-state index contributed by atoms with van der Waals surface area (Å²) in [7, 11) is 0. The van der Waals surface area contributed by atoms with Crippen molar-refractivity contribution in [2.45, 2.75) is 96.9 Å². The Morgan fingerprint density at radius 2 is 1.76 bits per heavy atom. The van der Waals surface area contributed by atoms with Crippen molar-refractivity contribution in [1.82, 2.24) is 0 Å². The number of aliphatic hydroxyl groups excluding tert-OH is 3. The van der Waals surface area contributed by atoms with Crippen LogP contribution in [0, 0.1) is 46.3 Å². The molecule has 0 unspecified atom stereocenters. The quantitative estimate of drug-likeness (QED) is 0.571. The van der Waals surface area contributed by atoms with Crippen molar-refractivity contribution >= 4 is 5.97 Å². The van der Waals surface area contributed by atoms with Crippen LogP contribution in [0.4, 0.5) is 0 Å². The Morgan fingerprint density at radius 1 is 1.03 bits per heavy atom. The van der Waals surface area contributed by atoms with Crippen molar-refractivity contribution in [3.63, 3.8) is 0 Å². The van der Waals surface area contributed by atoms with Crippen LogP contribution in [0.1, 0.15) is 78.6 Å². The molecule has 5 heteroatoms. The first-order chi connectivity index (χ1) is 13.6. The molecule has 4 aliphatic carbocycles. The minimum absolute atomic E-state index is 0.0957. The standard InChI is InChI=1S/C24H40O5/c1-13(4-7-21(28)29)16-5-6-17-22-18(12-20(27)24(16,17)3)23(2)9-8-15(25)10-14(23)11-19(22)26/h13-20,22,25-27H,4-12H2,1-3H3,(H,28,29)/t13-,14+,15-,16-,17-,18-,19-,20-,22-,23-,24+/m0/s1. The molecule has 0 amide bonds. The van der Waals surface area contributed by atoms with Crippen LogP contribution < -0.4 is 0 Å². The fraction of sp³-hybridized carbons (Fsp3) is 0.958. The highest BCUT2D eigenvalue weighted by Crippen LogP contribution is 2.68. The Bertz CT molecular complexity index is 637. The van der Waals surface area contributed by atoms with Gasteiger partial charge in [-0.3, -0.25) is 4.79 Å². The predicted molar refractivity (Wildman–Crippen MR) is 110 cm³/mol. The molecule has 4 N–H and O–H groups in total. The van der Waals surface area contributed by atoms with Gasteiger partial charge < -0.3 is 20.4 Å². The smallest absolute Gasteiger partial charge is 0.303 e. The summed E-state index contributed by atoms with van der Waals surface area (Å²) < 4.78 is 0. The van der Waals surface area contributed by atoms with E-state index in [-0.39, 0.29) is 41.3 Å². The number of rotatable bonds is 4. The van der Waals surface area contributed by atoms with Crippen LogP contribution in [0.25, 0.3) is 0 Å². The molecule has 0 radical (unpaired) electrons. The summed E-state index contributed by atoms with van der Waals surface area (Å²) in [5.41, 5.74) is -0.143. The summed E-state index contributed by atoms with van der Waals surface area (Å²) in [6.07, 6.45) is 6.00. The lowest BCUT2D eigenvalue weighted by Gasteiger charge is -2.63. The van der Waals surface area contributed by atoms with E-state index >= 15 is 0 Å². The second kappa shape index (κ2) is 7.49. The highest BCUT2D eigenvalue weighted by Gasteiger charge is 2.65. The monoisotopic (exact) mass is 408 g/mol. The highest BCUT2D eigenvalue weighted by molar-refractivity contribution is 5.66. The van der Waals surface area contributed by atoms with Crippen LogP contribution in [-0.4, -0.2) is 44.7 Å². The van der Waals surface area contributed by atoms with Gasteiger partial charge in [-0.25, -0.2) is 0 Å². The van der Waals surface area contributed by atoms with Crippen LogP contribution in [0.3, 0.4) is 0 Å². The van der Waals surface area contributed by atoms with Gasteiger partial charge in [0.15, 0.2) is 0 Å². The second-order valence-electron chi connectivity index (χ2n) is 11.4. The SMILES string of the molecule is C[C@@H](CCC(=O)O)[C@@H]1CC[C@H]2[C@@H]3[C@@H](O)C[C@H]4C[C@@H](O)CC[C@]4(C)[C@H]3C[C@H](O)[C@@]21C. The third kappa shape index (κ3) is 3.27. The van der Waals surface area contributed by atoms with E-state index in [1.54, 1.807) is 0 Å². The first-order valence-corrected chi connectivity index (χ1v) is 11.8. The number of hydrogen-bond donors (Lipinski definition) is 4. The highest BCUT2D eigenvalue weighted by atomic mass is 16.4. The van der Waals surface area contributed by atoms with E-state index in [2.05, 4.69) is 20.8 Å². The Kier molecular flexibility index (Phi) is 5.57. The topological polar surface area (TPSA) is 98.0 Å². The number of carboxylic acid groups (broad SMARTS) is 1. The maximum Gasteiger partial charge on any atom is 0.303 e. The molecule has 11 atom stereocenters. The van der Waals surface area contributed by atoms with E-state index in [9.17, 15) is 20.1 Å². The molecule has 166 valence electrons. The normalized spacial score (nSPS) is 52.9. The molecule has 0 aromatic carbocycles. The maximum absolute atomic E-state index is 11.5. The molecule has 5 nitrogen and oxygen atoms in total. The van der Waals surface area contributed by atoms with E-state index in [0.29, 0.717) is 30.1 Å². The van der Waals surface area contributed by atoms with Crippen LogP contribution >= 0.6 is 0 Å². The lowest BCUT2D eigenvalue weighted by Crippen LogP contribution is -2.62. The fourth-order valence-electron chi connectivity index (χ4n) is 8.68. The number of carboxylic acids is 1.